The van der Waals surface area contributed by atoms with Crippen molar-refractivity contribution in [3.05, 3.63) is 94.5 Å². The van der Waals surface area contributed by atoms with Gasteiger partial charge in [0.05, 0.1) is 0 Å². The lowest BCUT2D eigenvalue weighted by Gasteiger charge is -2.27. The molecule has 4 aromatic rings. The molecule has 2 N–H and O–H groups in total. The maximum absolute atomic E-state index is 13.1. The molecule has 0 saturated heterocycles. The highest BCUT2D eigenvalue weighted by Crippen LogP contribution is 2.32. The minimum atomic E-state index is -0.256. The van der Waals surface area contributed by atoms with Crippen LogP contribution in [0, 0.1) is 6.92 Å². The molecule has 4 aromatic carbocycles. The monoisotopic (exact) mass is 534 g/mol. The summed E-state index contributed by atoms with van der Waals surface area (Å²) in [6, 6.07) is 20.4. The fraction of sp³-hybridized carbons (Fsp3) is 0.250. The first-order chi connectivity index (χ1) is 19.5. The maximum Gasteiger partial charge on any atom is 0.261 e. The fourth-order valence-electron chi connectivity index (χ4n) is 5.75. The Morgan fingerprint density at radius 3 is 1.57 bits per heavy atom. The Bertz CT molecular complexity index is 1620. The van der Waals surface area contributed by atoms with E-state index in [2.05, 4.69) is 10.6 Å². The van der Waals surface area contributed by atoms with Crippen LogP contribution in [0.5, 0.6) is 0 Å². The van der Waals surface area contributed by atoms with Gasteiger partial charge in [-0.1, -0.05) is 42.5 Å². The summed E-state index contributed by atoms with van der Waals surface area (Å²) in [6.45, 7) is 4.96. The number of carbonyl (C=O) groups is 4. The molecule has 0 spiro atoms. The number of benzene rings is 4. The molecule has 0 saturated carbocycles. The number of hydrogen-bond acceptors (Lipinski definition) is 6. The zero-order valence-corrected chi connectivity index (χ0v) is 22.3. The van der Waals surface area contributed by atoms with Crippen molar-refractivity contribution in [3.8, 4) is 0 Å². The average Bonchev–Trinajstić information content (AvgIpc) is 2.97. The van der Waals surface area contributed by atoms with E-state index in [1.807, 2.05) is 55.5 Å². The maximum atomic E-state index is 13.1. The Labute approximate surface area is 231 Å². The number of aryl methyl sites for hydroxylation is 1. The van der Waals surface area contributed by atoms with Crippen LogP contribution in [-0.4, -0.2) is 72.7 Å². The first kappa shape index (κ1) is 25.9. The van der Waals surface area contributed by atoms with Crippen molar-refractivity contribution in [2.75, 3.05) is 39.3 Å². The molecule has 6 rings (SSSR count). The summed E-state index contributed by atoms with van der Waals surface area (Å²) in [4.78, 5) is 54.7. The summed E-state index contributed by atoms with van der Waals surface area (Å²) in [6.07, 6.45) is 0.813. The van der Waals surface area contributed by atoms with Crippen molar-refractivity contribution in [1.82, 2.24) is 20.4 Å². The highest BCUT2D eigenvalue weighted by Gasteiger charge is 2.33. The van der Waals surface area contributed by atoms with E-state index in [1.165, 1.54) is 9.80 Å². The smallest absolute Gasteiger partial charge is 0.261 e. The van der Waals surface area contributed by atoms with Gasteiger partial charge in [0, 0.05) is 59.2 Å². The Hall–Kier alpha value is -4.40. The summed E-state index contributed by atoms with van der Waals surface area (Å²) < 4.78 is 0. The zero-order valence-electron chi connectivity index (χ0n) is 22.3. The standard InChI is InChI=1S/C32H30N4O4/c1-20-12-13-26-28-22(20)8-4-11-25(28)31(39)36(32(26)40)19-17-34-15-5-14-33-16-18-35-29(37)23-9-2-6-21-7-3-10-24(27(21)23)30(35)38/h2-4,6-13,33-34H,5,14-19H2,1H3. The van der Waals surface area contributed by atoms with Crippen molar-refractivity contribution in [1.29, 1.82) is 0 Å². The van der Waals surface area contributed by atoms with Crippen molar-refractivity contribution in [3.63, 3.8) is 0 Å². The van der Waals surface area contributed by atoms with E-state index in [1.54, 1.807) is 18.2 Å². The second-order valence-corrected chi connectivity index (χ2v) is 10.2. The fourth-order valence-corrected chi connectivity index (χ4v) is 5.75. The Morgan fingerprint density at radius 2 is 1.02 bits per heavy atom. The zero-order chi connectivity index (χ0) is 27.8. The minimum absolute atomic E-state index is 0.252. The van der Waals surface area contributed by atoms with E-state index in [0.717, 1.165) is 33.5 Å². The third-order valence-corrected chi connectivity index (χ3v) is 7.80. The molecule has 0 fully saturated rings. The second-order valence-electron chi connectivity index (χ2n) is 10.2. The molecule has 0 atom stereocenters. The molecule has 8 nitrogen and oxygen atoms in total. The molecule has 40 heavy (non-hydrogen) atoms. The summed E-state index contributed by atoms with van der Waals surface area (Å²) in [5.41, 5.74) is 3.33. The average molecular weight is 535 g/mol. The van der Waals surface area contributed by atoms with Gasteiger partial charge in [-0.05, 0) is 67.0 Å². The van der Waals surface area contributed by atoms with Gasteiger partial charge in [-0.2, -0.15) is 0 Å². The lowest BCUT2D eigenvalue weighted by molar-refractivity contribution is 0.0597. The highest BCUT2D eigenvalue weighted by atomic mass is 16.2. The molecule has 2 aliphatic heterocycles. The van der Waals surface area contributed by atoms with Crippen molar-refractivity contribution < 1.29 is 19.2 Å². The van der Waals surface area contributed by atoms with Gasteiger partial charge in [-0.25, -0.2) is 0 Å². The molecular weight excluding hydrogens is 504 g/mol. The molecule has 0 aromatic heterocycles. The lowest BCUT2D eigenvalue weighted by atomic mass is 9.92. The number of rotatable bonds is 10. The number of carbonyl (C=O) groups excluding carboxylic acids is 4. The Kier molecular flexibility index (Phi) is 6.88. The van der Waals surface area contributed by atoms with Gasteiger partial charge in [0.25, 0.3) is 23.6 Å². The summed E-state index contributed by atoms with van der Waals surface area (Å²) in [7, 11) is 0. The SMILES string of the molecule is Cc1ccc2c3c(cccc13)C(=O)N(CCNCCCNCCN1C(=O)c3cccc4cccc(c34)C1=O)C2=O. The van der Waals surface area contributed by atoms with Gasteiger partial charge in [0.1, 0.15) is 0 Å². The Balaban J connectivity index is 0.944. The largest absolute Gasteiger partial charge is 0.315 e. The van der Waals surface area contributed by atoms with Crippen LogP contribution in [0.4, 0.5) is 0 Å². The molecule has 0 radical (unpaired) electrons. The first-order valence-electron chi connectivity index (χ1n) is 13.7. The highest BCUT2D eigenvalue weighted by molar-refractivity contribution is 6.26. The van der Waals surface area contributed by atoms with E-state index < -0.39 is 0 Å². The molecule has 8 heteroatoms. The van der Waals surface area contributed by atoms with Gasteiger partial charge in [0.2, 0.25) is 0 Å². The second kappa shape index (κ2) is 10.6. The van der Waals surface area contributed by atoms with Crippen LogP contribution in [0.3, 0.4) is 0 Å². The van der Waals surface area contributed by atoms with Gasteiger partial charge in [-0.3, -0.25) is 29.0 Å². The van der Waals surface area contributed by atoms with Crippen LogP contribution in [0.25, 0.3) is 21.5 Å². The van der Waals surface area contributed by atoms with E-state index in [4.69, 9.17) is 0 Å². The van der Waals surface area contributed by atoms with Crippen LogP contribution in [0.15, 0.2) is 66.7 Å². The van der Waals surface area contributed by atoms with E-state index in [-0.39, 0.29) is 23.6 Å². The topological polar surface area (TPSA) is 98.8 Å². The summed E-state index contributed by atoms with van der Waals surface area (Å²) in [5, 5.41) is 9.93. The molecule has 4 amide bonds. The molecular formula is C32H30N4O4. The number of imide groups is 2. The third-order valence-electron chi connectivity index (χ3n) is 7.80. The quantitative estimate of drug-likeness (QED) is 0.238. The van der Waals surface area contributed by atoms with E-state index in [9.17, 15) is 19.2 Å². The van der Waals surface area contributed by atoms with Crippen molar-refractivity contribution in [2.24, 2.45) is 0 Å². The first-order valence-corrected chi connectivity index (χ1v) is 13.7. The van der Waals surface area contributed by atoms with Gasteiger partial charge in [0.15, 0.2) is 0 Å². The van der Waals surface area contributed by atoms with Crippen molar-refractivity contribution in [2.45, 2.75) is 13.3 Å². The van der Waals surface area contributed by atoms with Crippen LogP contribution in [0.1, 0.15) is 53.4 Å². The third kappa shape index (κ3) is 4.35. The molecule has 0 bridgehead atoms. The Morgan fingerprint density at radius 1 is 0.550 bits per heavy atom. The normalized spacial score (nSPS) is 14.6. The van der Waals surface area contributed by atoms with Crippen LogP contribution >= 0.6 is 0 Å². The van der Waals surface area contributed by atoms with Crippen LogP contribution in [0.2, 0.25) is 0 Å². The number of hydrogen-bond donors (Lipinski definition) is 2. The number of amides is 4. The molecule has 0 unspecified atom stereocenters. The summed E-state index contributed by atoms with van der Waals surface area (Å²) >= 11 is 0. The molecule has 202 valence electrons. The minimum Gasteiger partial charge on any atom is -0.315 e. The van der Waals surface area contributed by atoms with Gasteiger partial charge >= 0.3 is 0 Å². The van der Waals surface area contributed by atoms with E-state index in [0.29, 0.717) is 61.5 Å². The number of nitrogens with zero attached hydrogens (tertiary/aromatic N) is 2. The molecule has 2 aliphatic rings. The summed E-state index contributed by atoms with van der Waals surface area (Å²) in [5.74, 6) is -1.02. The predicted octanol–water partition coefficient (Wildman–Crippen LogP) is 3.76. The van der Waals surface area contributed by atoms with Crippen LogP contribution < -0.4 is 10.6 Å². The molecule has 0 aliphatic carbocycles. The molecule has 2 heterocycles. The van der Waals surface area contributed by atoms with Crippen molar-refractivity contribution >= 4 is 45.2 Å². The van der Waals surface area contributed by atoms with E-state index >= 15 is 0 Å². The lowest BCUT2D eigenvalue weighted by Crippen LogP contribution is -2.44. The number of nitrogens with one attached hydrogen (secondary N) is 2. The predicted molar refractivity (Wildman–Crippen MR) is 154 cm³/mol. The van der Waals surface area contributed by atoms with Gasteiger partial charge < -0.3 is 10.6 Å². The van der Waals surface area contributed by atoms with Crippen LogP contribution in [-0.2, 0) is 0 Å². The van der Waals surface area contributed by atoms with Gasteiger partial charge in [-0.15, -0.1) is 0 Å².